The molecule has 0 radical (unpaired) electrons. The summed E-state index contributed by atoms with van der Waals surface area (Å²) in [5.41, 5.74) is 1.85. The van der Waals surface area contributed by atoms with Crippen LogP contribution in [0.4, 0.5) is 0 Å². The predicted octanol–water partition coefficient (Wildman–Crippen LogP) is 1.99. The van der Waals surface area contributed by atoms with Gasteiger partial charge in [-0.3, -0.25) is 4.79 Å². The van der Waals surface area contributed by atoms with Crippen LogP contribution >= 0.6 is 0 Å². The Morgan fingerprint density at radius 2 is 1.89 bits per heavy atom. The molecule has 1 amide bonds. The number of phenols is 1. The molecule has 0 saturated carbocycles. The Morgan fingerprint density at radius 1 is 1.11 bits per heavy atom. The van der Waals surface area contributed by atoms with Crippen molar-refractivity contribution in [2.45, 2.75) is 13.3 Å². The zero-order valence-corrected chi connectivity index (χ0v) is 15.0. The van der Waals surface area contributed by atoms with Crippen LogP contribution in [0.3, 0.4) is 0 Å². The number of fused-ring (bicyclic) bond motifs is 1. The molecule has 0 aliphatic carbocycles. The summed E-state index contributed by atoms with van der Waals surface area (Å²) in [6.07, 6.45) is 0.606. The highest BCUT2D eigenvalue weighted by Gasteiger charge is 2.15. The van der Waals surface area contributed by atoms with Gasteiger partial charge in [0.15, 0.2) is 18.1 Å². The van der Waals surface area contributed by atoms with Crippen molar-refractivity contribution in [1.82, 2.24) is 5.32 Å². The second kappa shape index (κ2) is 8.44. The third-order valence-corrected chi connectivity index (χ3v) is 4.05. The van der Waals surface area contributed by atoms with Crippen LogP contribution in [0.15, 0.2) is 36.4 Å². The summed E-state index contributed by atoms with van der Waals surface area (Å²) in [5, 5.41) is 12.4. The number of hydrogen-bond acceptors (Lipinski definition) is 6. The van der Waals surface area contributed by atoms with Crippen LogP contribution in [0.2, 0.25) is 0 Å². The number of ether oxygens (including phenoxy) is 3. The molecule has 2 aromatic carbocycles. The molecule has 2 N–H and O–H groups in total. The maximum atomic E-state index is 12.0. The third-order valence-electron chi connectivity index (χ3n) is 4.05. The average Bonchev–Trinajstić information content (AvgIpc) is 2.68. The smallest absolute Gasteiger partial charge is 0.342 e. The standard InChI is InChI=1S/C20H21NO6/c1-13-2-4-16(22)15(10-13)20(24)27-12-19(23)21-7-6-14-3-5-17-18(11-14)26-9-8-25-17/h2-5,10-11,22H,6-9,12H2,1H3,(H,21,23). The Balaban J connectivity index is 1.43. The van der Waals surface area contributed by atoms with E-state index in [1.807, 2.05) is 18.2 Å². The van der Waals surface area contributed by atoms with Crippen molar-refractivity contribution < 1.29 is 28.9 Å². The van der Waals surface area contributed by atoms with Gasteiger partial charge in [0.25, 0.3) is 5.91 Å². The molecule has 142 valence electrons. The highest BCUT2D eigenvalue weighted by molar-refractivity contribution is 5.94. The second-order valence-corrected chi connectivity index (χ2v) is 6.17. The van der Waals surface area contributed by atoms with Crippen LogP contribution in [0.1, 0.15) is 21.5 Å². The number of aryl methyl sites for hydroxylation is 1. The molecule has 1 aliphatic rings. The van der Waals surface area contributed by atoms with E-state index in [1.54, 1.807) is 13.0 Å². The molecule has 3 rings (SSSR count). The molecule has 0 spiro atoms. The molecule has 1 heterocycles. The zero-order chi connectivity index (χ0) is 19.2. The van der Waals surface area contributed by atoms with Gasteiger partial charge in [-0.2, -0.15) is 0 Å². The van der Waals surface area contributed by atoms with Crippen LogP contribution in [-0.4, -0.2) is 43.3 Å². The molecule has 0 unspecified atom stereocenters. The SMILES string of the molecule is Cc1ccc(O)c(C(=O)OCC(=O)NCCc2ccc3c(c2)OCCO3)c1. The molecule has 0 bridgehead atoms. The molecule has 0 aromatic heterocycles. The number of rotatable bonds is 6. The highest BCUT2D eigenvalue weighted by atomic mass is 16.6. The number of nitrogens with one attached hydrogen (secondary N) is 1. The molecule has 0 saturated heterocycles. The summed E-state index contributed by atoms with van der Waals surface area (Å²) in [4.78, 5) is 23.8. The fourth-order valence-electron chi connectivity index (χ4n) is 2.66. The van der Waals surface area contributed by atoms with Crippen molar-refractivity contribution in [2.75, 3.05) is 26.4 Å². The van der Waals surface area contributed by atoms with Gasteiger partial charge in [-0.05, 0) is 43.2 Å². The number of phenolic OH excluding ortho intramolecular Hbond substituents is 1. The Hall–Kier alpha value is -3.22. The lowest BCUT2D eigenvalue weighted by atomic mass is 10.1. The summed E-state index contributed by atoms with van der Waals surface area (Å²) < 4.78 is 15.9. The van der Waals surface area contributed by atoms with Crippen LogP contribution in [-0.2, 0) is 16.0 Å². The summed E-state index contributed by atoms with van der Waals surface area (Å²) in [6, 6.07) is 10.3. The lowest BCUT2D eigenvalue weighted by Crippen LogP contribution is -2.30. The molecule has 7 nitrogen and oxygen atoms in total. The minimum absolute atomic E-state index is 0.0408. The van der Waals surface area contributed by atoms with Gasteiger partial charge >= 0.3 is 5.97 Å². The molecule has 0 fully saturated rings. The Labute approximate surface area is 156 Å². The van der Waals surface area contributed by atoms with E-state index >= 15 is 0 Å². The summed E-state index contributed by atoms with van der Waals surface area (Å²) in [7, 11) is 0. The maximum absolute atomic E-state index is 12.0. The van der Waals surface area contributed by atoms with Gasteiger partial charge in [0, 0.05) is 6.54 Å². The van der Waals surface area contributed by atoms with Crippen molar-refractivity contribution in [3.8, 4) is 17.2 Å². The van der Waals surface area contributed by atoms with E-state index in [9.17, 15) is 14.7 Å². The third kappa shape index (κ3) is 4.91. The Kier molecular flexibility index (Phi) is 5.80. The summed E-state index contributed by atoms with van der Waals surface area (Å²) >= 11 is 0. The van der Waals surface area contributed by atoms with Crippen molar-refractivity contribution in [2.24, 2.45) is 0 Å². The quantitative estimate of drug-likeness (QED) is 0.754. The van der Waals surface area contributed by atoms with Gasteiger partial charge in [0.1, 0.15) is 24.5 Å². The molecule has 1 aliphatic heterocycles. The Morgan fingerprint density at radius 3 is 2.70 bits per heavy atom. The van der Waals surface area contributed by atoms with Crippen molar-refractivity contribution >= 4 is 11.9 Å². The first kappa shape index (κ1) is 18.6. The fraction of sp³-hybridized carbons (Fsp3) is 0.300. The number of hydrogen-bond donors (Lipinski definition) is 2. The van der Waals surface area contributed by atoms with Crippen molar-refractivity contribution in [3.63, 3.8) is 0 Å². The first-order chi connectivity index (χ1) is 13.0. The van der Waals surface area contributed by atoms with E-state index in [-0.39, 0.29) is 11.3 Å². The monoisotopic (exact) mass is 371 g/mol. The molecular weight excluding hydrogens is 350 g/mol. The first-order valence-electron chi connectivity index (χ1n) is 8.65. The van der Waals surface area contributed by atoms with Crippen LogP contribution in [0, 0.1) is 6.92 Å². The zero-order valence-electron chi connectivity index (χ0n) is 15.0. The molecule has 2 aromatic rings. The number of benzene rings is 2. The normalized spacial score (nSPS) is 12.3. The number of carbonyl (C=O) groups excluding carboxylic acids is 2. The van der Waals surface area contributed by atoms with Gasteiger partial charge in [-0.15, -0.1) is 0 Å². The molecule has 27 heavy (non-hydrogen) atoms. The molecule has 0 atom stereocenters. The minimum Gasteiger partial charge on any atom is -0.507 e. The van der Waals surface area contributed by atoms with E-state index in [0.717, 1.165) is 16.9 Å². The second-order valence-electron chi connectivity index (χ2n) is 6.17. The fourth-order valence-corrected chi connectivity index (χ4v) is 2.66. The van der Waals surface area contributed by atoms with E-state index in [1.165, 1.54) is 12.1 Å². The Bertz CT molecular complexity index is 848. The highest BCUT2D eigenvalue weighted by Crippen LogP contribution is 2.30. The van der Waals surface area contributed by atoms with Crippen LogP contribution < -0.4 is 14.8 Å². The van der Waals surface area contributed by atoms with Gasteiger partial charge < -0.3 is 24.6 Å². The number of carbonyl (C=O) groups is 2. The average molecular weight is 371 g/mol. The van der Waals surface area contributed by atoms with Gasteiger partial charge in [0.2, 0.25) is 0 Å². The number of amides is 1. The summed E-state index contributed by atoms with van der Waals surface area (Å²) in [5.74, 6) is 0.105. The van der Waals surface area contributed by atoms with Crippen LogP contribution in [0.25, 0.3) is 0 Å². The lowest BCUT2D eigenvalue weighted by molar-refractivity contribution is -0.124. The molecular formula is C20H21NO6. The van der Waals surface area contributed by atoms with E-state index in [0.29, 0.717) is 31.9 Å². The maximum Gasteiger partial charge on any atom is 0.342 e. The largest absolute Gasteiger partial charge is 0.507 e. The first-order valence-corrected chi connectivity index (χ1v) is 8.65. The topological polar surface area (TPSA) is 94.1 Å². The number of aromatic hydroxyl groups is 1. The minimum atomic E-state index is -0.738. The van der Waals surface area contributed by atoms with E-state index in [4.69, 9.17) is 14.2 Å². The van der Waals surface area contributed by atoms with E-state index < -0.39 is 18.5 Å². The van der Waals surface area contributed by atoms with E-state index in [2.05, 4.69) is 5.32 Å². The van der Waals surface area contributed by atoms with Crippen molar-refractivity contribution in [1.29, 1.82) is 0 Å². The van der Waals surface area contributed by atoms with Crippen molar-refractivity contribution in [3.05, 3.63) is 53.1 Å². The predicted molar refractivity (Wildman–Crippen MR) is 97.3 cm³/mol. The lowest BCUT2D eigenvalue weighted by Gasteiger charge is -2.18. The van der Waals surface area contributed by atoms with Crippen LogP contribution in [0.5, 0.6) is 17.2 Å². The van der Waals surface area contributed by atoms with Gasteiger partial charge in [-0.1, -0.05) is 17.7 Å². The number of esters is 1. The van der Waals surface area contributed by atoms with Gasteiger partial charge in [-0.25, -0.2) is 4.79 Å². The van der Waals surface area contributed by atoms with Gasteiger partial charge in [0.05, 0.1) is 0 Å². The molecule has 7 heteroatoms. The summed E-state index contributed by atoms with van der Waals surface area (Å²) in [6.45, 7) is 2.84.